The van der Waals surface area contributed by atoms with E-state index in [-0.39, 0.29) is 11.8 Å². The summed E-state index contributed by atoms with van der Waals surface area (Å²) < 4.78 is 0. The van der Waals surface area contributed by atoms with Gasteiger partial charge in [0.05, 0.1) is 6.04 Å². The zero-order valence-corrected chi connectivity index (χ0v) is 16.8. The summed E-state index contributed by atoms with van der Waals surface area (Å²) >= 11 is 11.9. The molecule has 0 aliphatic carbocycles. The molecule has 26 heavy (non-hydrogen) atoms. The predicted molar refractivity (Wildman–Crippen MR) is 111 cm³/mol. The smallest absolute Gasteiger partial charge is 0.184 e. The van der Waals surface area contributed by atoms with Gasteiger partial charge in [0.2, 0.25) is 0 Å². The summed E-state index contributed by atoms with van der Waals surface area (Å²) in [5, 5.41) is 4.73. The zero-order valence-electron chi connectivity index (χ0n) is 15.3. The average molecular weight is 392 g/mol. The Morgan fingerprint density at radius 1 is 0.846 bits per heavy atom. The van der Waals surface area contributed by atoms with Crippen molar-refractivity contribution >= 4 is 29.0 Å². The molecule has 0 amide bonds. The molecular weight excluding hydrogens is 365 g/mol. The van der Waals surface area contributed by atoms with Crippen LogP contribution in [0.5, 0.6) is 0 Å². The van der Waals surface area contributed by atoms with E-state index in [0.29, 0.717) is 15.6 Å². The van der Waals surface area contributed by atoms with Crippen molar-refractivity contribution in [2.45, 2.75) is 51.5 Å². The summed E-state index contributed by atoms with van der Waals surface area (Å²) in [5.41, 5.74) is 1.59. The minimum atomic E-state index is -0.371. The molecule has 0 aromatic heterocycles. The van der Waals surface area contributed by atoms with Gasteiger partial charge >= 0.3 is 0 Å². The number of halogens is 2. The summed E-state index contributed by atoms with van der Waals surface area (Å²) in [6.07, 6.45) is 7.37. The SMILES string of the molecule is CCCCCCCCN[C@@H](C(=O)c1ccc(Cl)cc1)c1ccc(Cl)cc1. The number of unbranched alkanes of at least 4 members (excludes halogenated alkanes) is 5. The van der Waals surface area contributed by atoms with E-state index in [0.717, 1.165) is 18.5 Å². The standard InChI is InChI=1S/C22H27Cl2NO/c1-2-3-4-5-6-7-16-25-21(17-8-12-19(23)13-9-17)22(26)18-10-14-20(24)15-11-18/h8-15,21,25H,2-7,16H2,1H3/t21-/m1/s1. The molecule has 1 atom stereocenters. The van der Waals surface area contributed by atoms with E-state index >= 15 is 0 Å². The first kappa shape index (κ1) is 21.0. The number of carbonyl (C=O) groups excluding carboxylic acids is 1. The maximum absolute atomic E-state index is 13.0. The normalized spacial score (nSPS) is 12.1. The van der Waals surface area contributed by atoms with E-state index in [9.17, 15) is 4.79 Å². The summed E-state index contributed by atoms with van der Waals surface area (Å²) in [5.74, 6) is 0.0509. The molecule has 0 saturated carbocycles. The van der Waals surface area contributed by atoms with Gasteiger partial charge in [-0.25, -0.2) is 0 Å². The summed E-state index contributed by atoms with van der Waals surface area (Å²) in [6.45, 7) is 3.04. The number of benzene rings is 2. The molecule has 0 radical (unpaired) electrons. The number of hydrogen-bond acceptors (Lipinski definition) is 2. The van der Waals surface area contributed by atoms with Crippen molar-refractivity contribution in [3.63, 3.8) is 0 Å². The monoisotopic (exact) mass is 391 g/mol. The maximum Gasteiger partial charge on any atom is 0.184 e. The van der Waals surface area contributed by atoms with Crippen LogP contribution in [-0.4, -0.2) is 12.3 Å². The van der Waals surface area contributed by atoms with Gasteiger partial charge in [0.15, 0.2) is 5.78 Å². The molecule has 0 saturated heterocycles. The molecule has 0 heterocycles. The average Bonchev–Trinajstić information content (AvgIpc) is 2.65. The number of ketones is 1. The van der Waals surface area contributed by atoms with Crippen LogP contribution in [0.1, 0.15) is 67.4 Å². The molecular formula is C22H27Cl2NO. The van der Waals surface area contributed by atoms with Crippen molar-refractivity contribution in [1.82, 2.24) is 5.32 Å². The molecule has 2 aromatic rings. The zero-order chi connectivity index (χ0) is 18.8. The molecule has 0 spiro atoms. The van der Waals surface area contributed by atoms with E-state index in [1.807, 2.05) is 24.3 Å². The first-order chi connectivity index (χ1) is 12.6. The topological polar surface area (TPSA) is 29.1 Å². The van der Waals surface area contributed by atoms with E-state index in [1.54, 1.807) is 24.3 Å². The lowest BCUT2D eigenvalue weighted by Crippen LogP contribution is -2.29. The predicted octanol–water partition coefficient (Wildman–Crippen LogP) is 6.87. The van der Waals surface area contributed by atoms with Crippen LogP contribution in [0.4, 0.5) is 0 Å². The van der Waals surface area contributed by atoms with Crippen LogP contribution in [0.3, 0.4) is 0 Å². The highest BCUT2D eigenvalue weighted by atomic mass is 35.5. The van der Waals surface area contributed by atoms with Crippen molar-refractivity contribution in [2.75, 3.05) is 6.54 Å². The van der Waals surface area contributed by atoms with Crippen LogP contribution < -0.4 is 5.32 Å². The molecule has 0 unspecified atom stereocenters. The van der Waals surface area contributed by atoms with Crippen LogP contribution >= 0.6 is 23.2 Å². The fourth-order valence-electron chi connectivity index (χ4n) is 2.95. The minimum Gasteiger partial charge on any atom is -0.303 e. The fourth-order valence-corrected chi connectivity index (χ4v) is 3.20. The van der Waals surface area contributed by atoms with Crippen LogP contribution in [-0.2, 0) is 0 Å². The molecule has 2 rings (SSSR count). The van der Waals surface area contributed by atoms with Crippen molar-refractivity contribution in [3.05, 3.63) is 69.7 Å². The number of Topliss-reactive ketones (excluding diaryl/α,β-unsaturated/α-hetero) is 1. The van der Waals surface area contributed by atoms with Gasteiger partial charge in [0.25, 0.3) is 0 Å². The largest absolute Gasteiger partial charge is 0.303 e. The fraction of sp³-hybridized carbons (Fsp3) is 0.409. The number of carbonyl (C=O) groups is 1. The van der Waals surface area contributed by atoms with Crippen LogP contribution in [0, 0.1) is 0 Å². The lowest BCUT2D eigenvalue weighted by Gasteiger charge is -2.18. The van der Waals surface area contributed by atoms with Gasteiger partial charge in [-0.05, 0) is 54.9 Å². The van der Waals surface area contributed by atoms with Gasteiger partial charge in [-0.1, -0.05) is 74.4 Å². The molecule has 0 aliphatic heterocycles. The first-order valence-electron chi connectivity index (χ1n) is 9.40. The molecule has 140 valence electrons. The van der Waals surface area contributed by atoms with E-state index in [2.05, 4.69) is 12.2 Å². The maximum atomic E-state index is 13.0. The van der Waals surface area contributed by atoms with Crippen LogP contribution in [0.2, 0.25) is 10.0 Å². The Morgan fingerprint density at radius 3 is 2.00 bits per heavy atom. The van der Waals surface area contributed by atoms with Gasteiger partial charge in [0.1, 0.15) is 0 Å². The van der Waals surface area contributed by atoms with Crippen molar-refractivity contribution in [1.29, 1.82) is 0 Å². The molecule has 1 N–H and O–H groups in total. The second-order valence-electron chi connectivity index (χ2n) is 6.58. The van der Waals surface area contributed by atoms with Gasteiger partial charge in [-0.2, -0.15) is 0 Å². The minimum absolute atomic E-state index is 0.0509. The van der Waals surface area contributed by atoms with E-state index in [1.165, 1.54) is 32.1 Å². The third-order valence-electron chi connectivity index (χ3n) is 4.47. The quantitative estimate of drug-likeness (QED) is 0.334. The highest BCUT2D eigenvalue weighted by Crippen LogP contribution is 2.22. The second-order valence-corrected chi connectivity index (χ2v) is 7.45. The number of hydrogen-bond donors (Lipinski definition) is 1. The van der Waals surface area contributed by atoms with Crippen molar-refractivity contribution in [3.8, 4) is 0 Å². The highest BCUT2D eigenvalue weighted by molar-refractivity contribution is 6.31. The molecule has 0 aliphatic rings. The van der Waals surface area contributed by atoms with E-state index in [4.69, 9.17) is 23.2 Å². The van der Waals surface area contributed by atoms with Gasteiger partial charge < -0.3 is 5.32 Å². The van der Waals surface area contributed by atoms with Crippen molar-refractivity contribution in [2.24, 2.45) is 0 Å². The lowest BCUT2D eigenvalue weighted by atomic mass is 9.97. The second kappa shape index (κ2) is 11.4. The van der Waals surface area contributed by atoms with Gasteiger partial charge in [0, 0.05) is 15.6 Å². The molecule has 4 heteroatoms. The number of rotatable bonds is 11. The van der Waals surface area contributed by atoms with Crippen LogP contribution in [0.15, 0.2) is 48.5 Å². The Bertz CT molecular complexity index is 668. The summed E-state index contributed by atoms with van der Waals surface area (Å²) in [7, 11) is 0. The van der Waals surface area contributed by atoms with Crippen LogP contribution in [0.25, 0.3) is 0 Å². The molecule has 2 nitrogen and oxygen atoms in total. The lowest BCUT2D eigenvalue weighted by molar-refractivity contribution is 0.0942. The Kier molecular flexibility index (Phi) is 9.17. The summed E-state index contributed by atoms with van der Waals surface area (Å²) in [4.78, 5) is 13.0. The third kappa shape index (κ3) is 6.75. The molecule has 0 fully saturated rings. The summed E-state index contributed by atoms with van der Waals surface area (Å²) in [6, 6.07) is 14.2. The molecule has 0 bridgehead atoms. The van der Waals surface area contributed by atoms with E-state index < -0.39 is 0 Å². The third-order valence-corrected chi connectivity index (χ3v) is 4.98. The first-order valence-corrected chi connectivity index (χ1v) is 10.2. The number of nitrogens with one attached hydrogen (secondary N) is 1. The Balaban J connectivity index is 2.01. The Labute approximate surface area is 166 Å². The van der Waals surface area contributed by atoms with Crippen molar-refractivity contribution < 1.29 is 4.79 Å². The molecule has 2 aromatic carbocycles. The van der Waals surface area contributed by atoms with Gasteiger partial charge in [-0.3, -0.25) is 4.79 Å². The Morgan fingerprint density at radius 2 is 1.38 bits per heavy atom. The van der Waals surface area contributed by atoms with Gasteiger partial charge in [-0.15, -0.1) is 0 Å². The highest BCUT2D eigenvalue weighted by Gasteiger charge is 2.21. The Hall–Kier alpha value is -1.35.